The fourth-order valence-electron chi connectivity index (χ4n) is 2.06. The lowest BCUT2D eigenvalue weighted by Gasteiger charge is -2.34. The molecule has 0 saturated carbocycles. The highest BCUT2D eigenvalue weighted by Gasteiger charge is 2.28. The van der Waals surface area contributed by atoms with Gasteiger partial charge in [0.05, 0.1) is 30.0 Å². The third-order valence-electron chi connectivity index (χ3n) is 2.92. The van der Waals surface area contributed by atoms with Gasteiger partial charge in [-0.2, -0.15) is 0 Å². The van der Waals surface area contributed by atoms with Gasteiger partial charge in [-0.15, -0.1) is 11.3 Å². The van der Waals surface area contributed by atoms with Crippen molar-refractivity contribution in [1.82, 2.24) is 15.0 Å². The lowest BCUT2D eigenvalue weighted by atomic mass is 10.2. The Morgan fingerprint density at radius 3 is 2.94 bits per heavy atom. The number of ether oxygens (including phenoxy) is 1. The first-order valence-corrected chi connectivity index (χ1v) is 6.76. The summed E-state index contributed by atoms with van der Waals surface area (Å²) in [4.78, 5) is 15.4. The molecule has 5 nitrogen and oxygen atoms in total. The molecule has 3 rings (SSSR count). The zero-order valence-corrected chi connectivity index (χ0v) is 10.9. The first-order chi connectivity index (χ1) is 8.84. The molecule has 0 radical (unpaired) electrons. The Morgan fingerprint density at radius 1 is 1.39 bits per heavy atom. The second kappa shape index (κ2) is 4.99. The van der Waals surface area contributed by atoms with Crippen molar-refractivity contribution in [3.8, 4) is 0 Å². The first-order valence-electron chi connectivity index (χ1n) is 5.88. The Labute approximate surface area is 109 Å². The molecular weight excluding hydrogens is 248 g/mol. The summed E-state index contributed by atoms with van der Waals surface area (Å²) in [7, 11) is 0. The maximum atomic E-state index is 5.56. The van der Waals surface area contributed by atoms with Gasteiger partial charge in [0, 0.05) is 24.3 Å². The molecule has 1 aliphatic rings. The minimum absolute atomic E-state index is 0.117. The fourth-order valence-corrected chi connectivity index (χ4v) is 2.72. The van der Waals surface area contributed by atoms with Gasteiger partial charge in [0.25, 0.3) is 0 Å². The molecule has 0 bridgehead atoms. The Balaban J connectivity index is 1.91. The van der Waals surface area contributed by atoms with Crippen LogP contribution in [0.3, 0.4) is 0 Å². The number of hydrogen-bond donors (Lipinski definition) is 0. The maximum Gasteiger partial charge on any atom is 0.225 e. The van der Waals surface area contributed by atoms with Gasteiger partial charge in [0.2, 0.25) is 5.95 Å². The number of aromatic nitrogens is 3. The molecule has 1 atom stereocenters. The van der Waals surface area contributed by atoms with Crippen LogP contribution in [-0.2, 0) is 4.74 Å². The van der Waals surface area contributed by atoms with Gasteiger partial charge >= 0.3 is 0 Å². The molecule has 1 aliphatic heterocycles. The van der Waals surface area contributed by atoms with Crippen molar-refractivity contribution in [3.05, 3.63) is 34.5 Å². The SMILES string of the molecule is Cc1nc(C2COCCN2c2ncccn2)cs1. The third-order valence-corrected chi connectivity index (χ3v) is 3.71. The average molecular weight is 262 g/mol. The molecule has 1 unspecified atom stereocenters. The Bertz CT molecular complexity index is 516. The Kier molecular flexibility index (Phi) is 3.21. The van der Waals surface area contributed by atoms with Crippen molar-refractivity contribution >= 4 is 17.3 Å². The summed E-state index contributed by atoms with van der Waals surface area (Å²) in [5.41, 5.74) is 1.05. The van der Waals surface area contributed by atoms with E-state index in [4.69, 9.17) is 4.74 Å². The van der Waals surface area contributed by atoms with Crippen LogP contribution in [0.25, 0.3) is 0 Å². The fraction of sp³-hybridized carbons (Fsp3) is 0.417. The van der Waals surface area contributed by atoms with Crippen molar-refractivity contribution < 1.29 is 4.74 Å². The summed E-state index contributed by atoms with van der Waals surface area (Å²) >= 11 is 1.66. The van der Waals surface area contributed by atoms with Crippen molar-refractivity contribution in [2.45, 2.75) is 13.0 Å². The molecule has 0 aliphatic carbocycles. The highest BCUT2D eigenvalue weighted by Crippen LogP contribution is 2.27. The lowest BCUT2D eigenvalue weighted by Crippen LogP contribution is -2.40. The van der Waals surface area contributed by atoms with Gasteiger partial charge in [-0.3, -0.25) is 0 Å². The number of aryl methyl sites for hydroxylation is 1. The molecule has 2 aromatic heterocycles. The smallest absolute Gasteiger partial charge is 0.225 e. The van der Waals surface area contributed by atoms with E-state index in [0.717, 1.165) is 23.2 Å². The molecule has 0 amide bonds. The van der Waals surface area contributed by atoms with Crippen LogP contribution < -0.4 is 4.90 Å². The summed E-state index contributed by atoms with van der Waals surface area (Å²) in [6, 6.07) is 1.94. The highest BCUT2D eigenvalue weighted by atomic mass is 32.1. The molecule has 0 spiro atoms. The predicted octanol–water partition coefficient (Wildman–Crippen LogP) is 1.82. The number of hydrogen-bond acceptors (Lipinski definition) is 6. The molecule has 2 aromatic rings. The quantitative estimate of drug-likeness (QED) is 0.826. The van der Waals surface area contributed by atoms with Gasteiger partial charge in [0.1, 0.15) is 0 Å². The first kappa shape index (κ1) is 11.6. The standard InChI is InChI=1S/C12H14N4OS/c1-9-15-10(8-18-9)11-7-17-6-5-16(11)12-13-3-2-4-14-12/h2-4,8,11H,5-7H2,1H3. The molecule has 1 fully saturated rings. The van der Waals surface area contributed by atoms with E-state index in [1.54, 1.807) is 23.7 Å². The average Bonchev–Trinajstić information content (AvgIpc) is 2.86. The molecule has 6 heteroatoms. The van der Waals surface area contributed by atoms with Crippen LogP contribution in [0.4, 0.5) is 5.95 Å². The van der Waals surface area contributed by atoms with Crippen LogP contribution in [0.15, 0.2) is 23.8 Å². The molecule has 3 heterocycles. The van der Waals surface area contributed by atoms with Crippen LogP contribution in [0.5, 0.6) is 0 Å². The van der Waals surface area contributed by atoms with Crippen molar-refractivity contribution in [3.63, 3.8) is 0 Å². The van der Waals surface area contributed by atoms with E-state index in [2.05, 4.69) is 25.2 Å². The minimum Gasteiger partial charge on any atom is -0.377 e. The van der Waals surface area contributed by atoms with Gasteiger partial charge in [-0.1, -0.05) is 0 Å². The van der Waals surface area contributed by atoms with Crippen molar-refractivity contribution in [1.29, 1.82) is 0 Å². The van der Waals surface area contributed by atoms with Crippen molar-refractivity contribution in [2.24, 2.45) is 0 Å². The van der Waals surface area contributed by atoms with Gasteiger partial charge in [-0.05, 0) is 13.0 Å². The highest BCUT2D eigenvalue weighted by molar-refractivity contribution is 7.09. The van der Waals surface area contributed by atoms with Crippen molar-refractivity contribution in [2.75, 3.05) is 24.7 Å². The van der Waals surface area contributed by atoms with E-state index in [1.807, 2.05) is 13.0 Å². The van der Waals surface area contributed by atoms with Gasteiger partial charge < -0.3 is 9.64 Å². The Hall–Kier alpha value is -1.53. The van der Waals surface area contributed by atoms with E-state index in [9.17, 15) is 0 Å². The van der Waals surface area contributed by atoms with Crippen LogP contribution in [-0.4, -0.2) is 34.7 Å². The topological polar surface area (TPSA) is 51.1 Å². The van der Waals surface area contributed by atoms with E-state index in [1.165, 1.54) is 0 Å². The summed E-state index contributed by atoms with van der Waals surface area (Å²) in [6.07, 6.45) is 3.53. The summed E-state index contributed by atoms with van der Waals surface area (Å²) in [5, 5.41) is 3.16. The van der Waals surface area contributed by atoms with E-state index < -0.39 is 0 Å². The number of rotatable bonds is 2. The molecule has 94 valence electrons. The number of nitrogens with zero attached hydrogens (tertiary/aromatic N) is 4. The number of morpholine rings is 1. The van der Waals surface area contributed by atoms with E-state index >= 15 is 0 Å². The second-order valence-corrected chi connectivity index (χ2v) is 5.19. The maximum absolute atomic E-state index is 5.56. The summed E-state index contributed by atoms with van der Waals surface area (Å²) in [5.74, 6) is 0.747. The number of anilines is 1. The minimum atomic E-state index is 0.117. The molecule has 18 heavy (non-hydrogen) atoms. The largest absolute Gasteiger partial charge is 0.377 e. The van der Waals surface area contributed by atoms with E-state index in [-0.39, 0.29) is 6.04 Å². The van der Waals surface area contributed by atoms with E-state index in [0.29, 0.717) is 13.2 Å². The zero-order chi connectivity index (χ0) is 12.4. The third kappa shape index (κ3) is 2.21. The second-order valence-electron chi connectivity index (χ2n) is 4.12. The van der Waals surface area contributed by atoms with Gasteiger partial charge in [-0.25, -0.2) is 15.0 Å². The van der Waals surface area contributed by atoms with Crippen LogP contribution in [0.2, 0.25) is 0 Å². The van der Waals surface area contributed by atoms with Crippen LogP contribution >= 0.6 is 11.3 Å². The molecule has 1 saturated heterocycles. The van der Waals surface area contributed by atoms with Crippen LogP contribution in [0.1, 0.15) is 16.7 Å². The summed E-state index contributed by atoms with van der Waals surface area (Å²) in [6.45, 7) is 4.16. The molecule has 0 N–H and O–H groups in total. The lowest BCUT2D eigenvalue weighted by molar-refractivity contribution is 0.0922. The predicted molar refractivity (Wildman–Crippen MR) is 69.8 cm³/mol. The Morgan fingerprint density at radius 2 is 2.22 bits per heavy atom. The zero-order valence-electron chi connectivity index (χ0n) is 10.1. The van der Waals surface area contributed by atoms with Gasteiger partial charge in [0.15, 0.2) is 0 Å². The summed E-state index contributed by atoms with van der Waals surface area (Å²) < 4.78 is 5.56. The molecule has 0 aromatic carbocycles. The normalized spacial score (nSPS) is 20.1. The monoisotopic (exact) mass is 262 g/mol. The van der Waals surface area contributed by atoms with Crippen LogP contribution in [0, 0.1) is 6.92 Å². The molecular formula is C12H14N4OS. The number of thiazole rings is 1.